The van der Waals surface area contributed by atoms with Crippen molar-refractivity contribution < 1.29 is 4.39 Å². The second-order valence-corrected chi connectivity index (χ2v) is 6.43. The van der Waals surface area contributed by atoms with E-state index in [0.29, 0.717) is 11.4 Å². The van der Waals surface area contributed by atoms with Crippen molar-refractivity contribution in [2.45, 2.75) is 33.0 Å². The molecule has 2 N–H and O–H groups in total. The third kappa shape index (κ3) is 2.82. The van der Waals surface area contributed by atoms with Crippen LogP contribution in [0.1, 0.15) is 44.1 Å². The van der Waals surface area contributed by atoms with Crippen LogP contribution in [0.5, 0.6) is 0 Å². The topological polar surface area (TPSA) is 45.1 Å². The van der Waals surface area contributed by atoms with Crippen molar-refractivity contribution in [2.75, 3.05) is 12.4 Å². The van der Waals surface area contributed by atoms with Crippen LogP contribution in [0.4, 0.5) is 10.1 Å². The van der Waals surface area contributed by atoms with Crippen molar-refractivity contribution in [3.63, 3.8) is 0 Å². The molecule has 0 saturated heterocycles. The van der Waals surface area contributed by atoms with Gasteiger partial charge in [0.05, 0.1) is 11.4 Å². The predicted molar refractivity (Wildman–Crippen MR) is 100 cm³/mol. The molecule has 0 saturated carbocycles. The number of hydrazine groups is 1. The van der Waals surface area contributed by atoms with Gasteiger partial charge in [0.2, 0.25) is 0 Å². The first-order chi connectivity index (χ1) is 11.8. The van der Waals surface area contributed by atoms with Gasteiger partial charge in [-0.05, 0) is 44.5 Å². The Morgan fingerprint density at radius 2 is 1.92 bits per heavy atom. The Labute approximate surface area is 147 Å². The molecule has 25 heavy (non-hydrogen) atoms. The maximum absolute atomic E-state index is 14.4. The highest BCUT2D eigenvalue weighted by Crippen LogP contribution is 2.40. The molecule has 1 aliphatic rings. The van der Waals surface area contributed by atoms with Gasteiger partial charge in [0.25, 0.3) is 0 Å². The molecule has 1 aromatic heterocycles. The number of fused-ring (bicyclic) bond motifs is 1. The summed E-state index contributed by atoms with van der Waals surface area (Å²) in [7, 11) is 1.80. The first-order valence-corrected chi connectivity index (χ1v) is 8.33. The summed E-state index contributed by atoms with van der Waals surface area (Å²) in [5.74, 6) is 0.650. The first-order valence-electron chi connectivity index (χ1n) is 8.33. The quantitative estimate of drug-likeness (QED) is 0.861. The number of rotatable bonds is 4. The zero-order chi connectivity index (χ0) is 18.3. The lowest BCUT2D eigenvalue weighted by Crippen LogP contribution is -2.38. The van der Waals surface area contributed by atoms with Gasteiger partial charge in [0, 0.05) is 36.1 Å². The minimum absolute atomic E-state index is 0.179. The minimum Gasteiger partial charge on any atom is -0.340 e. The van der Waals surface area contributed by atoms with Gasteiger partial charge in [-0.2, -0.15) is 5.10 Å². The Morgan fingerprint density at radius 1 is 1.20 bits per heavy atom. The van der Waals surface area contributed by atoms with Crippen LogP contribution in [0.25, 0.3) is 17.0 Å². The Morgan fingerprint density at radius 3 is 2.52 bits per heavy atom. The van der Waals surface area contributed by atoms with Crippen LogP contribution in [0.2, 0.25) is 0 Å². The van der Waals surface area contributed by atoms with Crippen molar-refractivity contribution in [3.8, 4) is 11.3 Å². The van der Waals surface area contributed by atoms with Gasteiger partial charge in [0.1, 0.15) is 12.0 Å². The van der Waals surface area contributed by atoms with Crippen molar-refractivity contribution >= 4 is 11.4 Å². The third-order valence-corrected chi connectivity index (χ3v) is 4.41. The lowest BCUT2D eigenvalue weighted by Gasteiger charge is -2.35. The summed E-state index contributed by atoms with van der Waals surface area (Å²) in [4.78, 5) is 0. The standard InChI is InChI=1S/C19H24FN5/c1-11(2)24-19(7-8-22-24)17-9-16-13(4)25(21-6)14(5)23-18(16)10-15(17)12(3)20/h7-12,21,23H,4-5H2,1-3,6H3. The van der Waals surface area contributed by atoms with E-state index in [4.69, 9.17) is 0 Å². The van der Waals surface area contributed by atoms with Gasteiger partial charge in [-0.1, -0.05) is 13.2 Å². The van der Waals surface area contributed by atoms with Gasteiger partial charge in [-0.15, -0.1) is 0 Å². The molecule has 5 nitrogen and oxygen atoms in total. The van der Waals surface area contributed by atoms with Crippen molar-refractivity contribution in [3.05, 3.63) is 54.5 Å². The molecule has 0 fully saturated rings. The van der Waals surface area contributed by atoms with Gasteiger partial charge in [0.15, 0.2) is 0 Å². The molecule has 0 amide bonds. The lowest BCUT2D eigenvalue weighted by molar-refractivity contribution is 0.374. The zero-order valence-corrected chi connectivity index (χ0v) is 15.1. The second-order valence-electron chi connectivity index (χ2n) is 6.43. The van der Waals surface area contributed by atoms with E-state index in [-0.39, 0.29) is 6.04 Å². The molecule has 6 heteroatoms. The number of aromatic nitrogens is 2. The molecule has 3 rings (SSSR count). The summed E-state index contributed by atoms with van der Waals surface area (Å²) in [5.41, 5.74) is 7.85. The normalized spacial score (nSPS) is 15.4. The molecule has 1 aliphatic heterocycles. The summed E-state index contributed by atoms with van der Waals surface area (Å²) in [5, 5.41) is 9.37. The van der Waals surface area contributed by atoms with Crippen LogP contribution in [-0.4, -0.2) is 21.8 Å². The van der Waals surface area contributed by atoms with Crippen LogP contribution < -0.4 is 10.7 Å². The van der Waals surface area contributed by atoms with E-state index in [1.807, 2.05) is 22.9 Å². The smallest absolute Gasteiger partial charge is 0.123 e. The van der Waals surface area contributed by atoms with Gasteiger partial charge in [-0.25, -0.2) is 9.82 Å². The van der Waals surface area contributed by atoms with Crippen LogP contribution in [0, 0.1) is 0 Å². The molecule has 2 aromatic rings. The summed E-state index contributed by atoms with van der Waals surface area (Å²) in [6.07, 6.45) is 0.637. The maximum atomic E-state index is 14.4. The van der Waals surface area contributed by atoms with Crippen molar-refractivity contribution in [1.82, 2.24) is 20.2 Å². The monoisotopic (exact) mass is 341 g/mol. The molecule has 0 bridgehead atoms. The minimum atomic E-state index is -1.11. The number of nitrogens with zero attached hydrogens (tertiary/aromatic N) is 3. The first kappa shape index (κ1) is 17.2. The maximum Gasteiger partial charge on any atom is 0.123 e. The molecule has 0 spiro atoms. The van der Waals surface area contributed by atoms with Gasteiger partial charge < -0.3 is 5.32 Å². The van der Waals surface area contributed by atoms with Gasteiger partial charge in [-0.3, -0.25) is 9.69 Å². The average Bonchev–Trinajstić information content (AvgIpc) is 3.04. The summed E-state index contributed by atoms with van der Waals surface area (Å²) < 4.78 is 16.3. The molecule has 1 unspecified atom stereocenters. The third-order valence-electron chi connectivity index (χ3n) is 4.41. The highest BCUT2D eigenvalue weighted by molar-refractivity contribution is 5.84. The van der Waals surface area contributed by atoms with Gasteiger partial charge >= 0.3 is 0 Å². The molecular formula is C19H24FN5. The highest BCUT2D eigenvalue weighted by atomic mass is 19.1. The zero-order valence-electron chi connectivity index (χ0n) is 15.1. The average molecular weight is 341 g/mol. The van der Waals surface area contributed by atoms with E-state index < -0.39 is 6.17 Å². The highest BCUT2D eigenvalue weighted by Gasteiger charge is 2.26. The second kappa shape index (κ2) is 6.37. The number of nitrogens with one attached hydrogen (secondary N) is 2. The molecule has 0 aliphatic carbocycles. The van der Waals surface area contributed by atoms with Crippen LogP contribution in [0.15, 0.2) is 43.4 Å². The van der Waals surface area contributed by atoms with E-state index in [1.165, 1.54) is 0 Å². The summed E-state index contributed by atoms with van der Waals surface area (Å²) in [6, 6.07) is 5.92. The van der Waals surface area contributed by atoms with Crippen LogP contribution in [0.3, 0.4) is 0 Å². The molecule has 132 valence electrons. The van der Waals surface area contributed by atoms with E-state index in [2.05, 4.69) is 42.8 Å². The molecule has 0 radical (unpaired) electrons. The Bertz CT molecular complexity index is 834. The number of alkyl halides is 1. The van der Waals surface area contributed by atoms with E-state index in [0.717, 1.165) is 28.2 Å². The summed E-state index contributed by atoms with van der Waals surface area (Å²) in [6.45, 7) is 13.8. The van der Waals surface area contributed by atoms with E-state index in [1.54, 1.807) is 25.2 Å². The van der Waals surface area contributed by atoms with E-state index in [9.17, 15) is 4.39 Å². The number of benzene rings is 1. The van der Waals surface area contributed by atoms with Crippen LogP contribution in [-0.2, 0) is 0 Å². The molecule has 2 heterocycles. The molecule has 1 aromatic carbocycles. The fourth-order valence-corrected chi connectivity index (χ4v) is 3.21. The van der Waals surface area contributed by atoms with E-state index >= 15 is 0 Å². The lowest BCUT2D eigenvalue weighted by atomic mass is 9.94. The molecular weight excluding hydrogens is 317 g/mol. The Hall–Kier alpha value is -2.60. The largest absolute Gasteiger partial charge is 0.340 e. The fraction of sp³-hybridized carbons (Fsp3) is 0.316. The Balaban J connectivity index is 2.23. The number of anilines is 1. The molecule has 1 atom stereocenters. The number of hydrogen-bond donors (Lipinski definition) is 2. The Kier molecular flexibility index (Phi) is 4.39. The van der Waals surface area contributed by atoms with Crippen LogP contribution >= 0.6 is 0 Å². The van der Waals surface area contributed by atoms with Crippen molar-refractivity contribution in [1.29, 1.82) is 0 Å². The summed E-state index contributed by atoms with van der Waals surface area (Å²) >= 11 is 0. The predicted octanol–water partition coefficient (Wildman–Crippen LogP) is 4.47. The van der Waals surface area contributed by atoms with Crippen molar-refractivity contribution in [2.24, 2.45) is 0 Å². The number of halogens is 1. The fourth-order valence-electron chi connectivity index (χ4n) is 3.21. The number of hydrogen-bond acceptors (Lipinski definition) is 4. The SMILES string of the molecule is C=C1Nc2cc(C(C)F)c(-c3ccnn3C(C)C)cc2C(=C)N1NC.